The van der Waals surface area contributed by atoms with E-state index in [0.29, 0.717) is 17.5 Å². The van der Waals surface area contributed by atoms with Crippen LogP contribution in [0.25, 0.3) is 11.3 Å². The lowest BCUT2D eigenvalue weighted by Crippen LogP contribution is -2.14. The first-order valence-electron chi connectivity index (χ1n) is 6.18. The van der Waals surface area contributed by atoms with Crippen molar-refractivity contribution in [3.63, 3.8) is 0 Å². The fourth-order valence-corrected chi connectivity index (χ4v) is 1.86. The molecule has 106 valence electrons. The van der Waals surface area contributed by atoms with Crippen LogP contribution in [0.2, 0.25) is 5.02 Å². The summed E-state index contributed by atoms with van der Waals surface area (Å²) < 4.78 is 11.8. The topological polar surface area (TPSA) is 53.4 Å². The van der Waals surface area contributed by atoms with Crippen LogP contribution in [-0.4, -0.2) is 29.0 Å². The van der Waals surface area contributed by atoms with E-state index >= 15 is 0 Å². The molecule has 6 heteroatoms. The van der Waals surface area contributed by atoms with Gasteiger partial charge in [0.15, 0.2) is 6.61 Å². The van der Waals surface area contributed by atoms with Crippen LogP contribution in [0.15, 0.2) is 30.3 Å². The minimum Gasteiger partial charge on any atom is -0.465 e. The zero-order valence-electron chi connectivity index (χ0n) is 11.3. The van der Waals surface area contributed by atoms with Crippen LogP contribution >= 0.6 is 11.6 Å². The van der Waals surface area contributed by atoms with E-state index in [1.165, 1.54) is 0 Å². The number of esters is 1. The van der Waals surface area contributed by atoms with Gasteiger partial charge in [-0.05, 0) is 19.1 Å². The monoisotopic (exact) mass is 294 g/mol. The molecule has 0 aliphatic carbocycles. The summed E-state index contributed by atoms with van der Waals surface area (Å²) >= 11 is 5.86. The molecule has 0 saturated carbocycles. The van der Waals surface area contributed by atoms with Gasteiger partial charge >= 0.3 is 5.97 Å². The Kier molecular flexibility index (Phi) is 4.63. The first-order chi connectivity index (χ1) is 9.60. The number of nitrogens with zero attached hydrogens (tertiary/aromatic N) is 2. The Bertz CT molecular complexity index is 593. The second kappa shape index (κ2) is 6.43. The fraction of sp³-hybridized carbons (Fsp3) is 0.286. The Labute approximate surface area is 122 Å². The van der Waals surface area contributed by atoms with Crippen molar-refractivity contribution in [3.8, 4) is 17.1 Å². The van der Waals surface area contributed by atoms with Gasteiger partial charge in [0.2, 0.25) is 5.88 Å². The van der Waals surface area contributed by atoms with Crippen LogP contribution in [0.4, 0.5) is 0 Å². The number of hydrogen-bond acceptors (Lipinski definition) is 4. The van der Waals surface area contributed by atoms with E-state index in [2.05, 4.69) is 5.10 Å². The second-order valence-corrected chi connectivity index (χ2v) is 4.53. The van der Waals surface area contributed by atoms with Gasteiger partial charge in [-0.25, -0.2) is 4.79 Å². The molecule has 1 aromatic heterocycles. The maximum Gasteiger partial charge on any atom is 0.344 e. The van der Waals surface area contributed by atoms with E-state index < -0.39 is 5.97 Å². The number of benzene rings is 1. The van der Waals surface area contributed by atoms with Gasteiger partial charge in [0, 0.05) is 23.7 Å². The molecule has 0 aliphatic heterocycles. The Morgan fingerprint density at radius 3 is 2.70 bits per heavy atom. The molecule has 0 unspecified atom stereocenters. The zero-order valence-corrected chi connectivity index (χ0v) is 12.1. The predicted molar refractivity (Wildman–Crippen MR) is 75.8 cm³/mol. The van der Waals surface area contributed by atoms with E-state index in [4.69, 9.17) is 21.1 Å². The molecule has 20 heavy (non-hydrogen) atoms. The number of ether oxygens (including phenoxy) is 2. The molecular weight excluding hydrogens is 280 g/mol. The van der Waals surface area contributed by atoms with Gasteiger partial charge < -0.3 is 9.47 Å². The summed E-state index contributed by atoms with van der Waals surface area (Å²) in [5.41, 5.74) is 1.84. The van der Waals surface area contributed by atoms with E-state index in [9.17, 15) is 4.79 Å². The van der Waals surface area contributed by atoms with Crippen LogP contribution in [0.1, 0.15) is 6.92 Å². The Hall–Kier alpha value is -2.01. The van der Waals surface area contributed by atoms with Gasteiger partial charge in [-0.1, -0.05) is 23.7 Å². The van der Waals surface area contributed by atoms with Crippen molar-refractivity contribution >= 4 is 17.6 Å². The second-order valence-electron chi connectivity index (χ2n) is 4.09. The van der Waals surface area contributed by atoms with Crippen LogP contribution in [0, 0.1) is 0 Å². The number of carbonyl (C=O) groups is 1. The summed E-state index contributed by atoms with van der Waals surface area (Å²) in [6.07, 6.45) is 0. The minimum atomic E-state index is -0.411. The highest BCUT2D eigenvalue weighted by Gasteiger charge is 2.10. The van der Waals surface area contributed by atoms with Crippen molar-refractivity contribution in [1.82, 2.24) is 9.78 Å². The smallest absolute Gasteiger partial charge is 0.344 e. The first-order valence-corrected chi connectivity index (χ1v) is 6.56. The summed E-state index contributed by atoms with van der Waals surface area (Å²) in [5, 5.41) is 4.87. The SMILES string of the molecule is CCOC(=O)COc1cc(-c2ccc(Cl)cc2)n(C)n1. The van der Waals surface area contributed by atoms with Gasteiger partial charge in [-0.2, -0.15) is 0 Å². The number of hydrogen-bond donors (Lipinski definition) is 0. The number of halogens is 1. The molecule has 1 heterocycles. The largest absolute Gasteiger partial charge is 0.465 e. The highest BCUT2D eigenvalue weighted by molar-refractivity contribution is 6.30. The van der Waals surface area contributed by atoms with E-state index in [1.807, 2.05) is 24.3 Å². The summed E-state index contributed by atoms with van der Waals surface area (Å²) in [5.74, 6) is -0.0308. The molecule has 2 rings (SSSR count). The lowest BCUT2D eigenvalue weighted by atomic mass is 10.1. The molecule has 1 aromatic carbocycles. The van der Waals surface area contributed by atoms with Gasteiger partial charge in [0.1, 0.15) is 0 Å². The summed E-state index contributed by atoms with van der Waals surface area (Å²) in [7, 11) is 1.81. The molecule has 0 fully saturated rings. The molecule has 5 nitrogen and oxygen atoms in total. The maximum absolute atomic E-state index is 11.2. The Morgan fingerprint density at radius 2 is 2.05 bits per heavy atom. The molecule has 0 atom stereocenters. The van der Waals surface area contributed by atoms with Crippen molar-refractivity contribution in [1.29, 1.82) is 0 Å². The number of carbonyl (C=O) groups excluding carboxylic acids is 1. The highest BCUT2D eigenvalue weighted by Crippen LogP contribution is 2.24. The fourth-order valence-electron chi connectivity index (χ4n) is 1.74. The maximum atomic E-state index is 11.2. The predicted octanol–water partition coefficient (Wildman–Crippen LogP) is 2.68. The summed E-state index contributed by atoms with van der Waals surface area (Å²) in [4.78, 5) is 11.2. The molecule has 0 radical (unpaired) electrons. The highest BCUT2D eigenvalue weighted by atomic mass is 35.5. The quantitative estimate of drug-likeness (QED) is 0.796. The van der Waals surface area contributed by atoms with Crippen molar-refractivity contribution in [2.45, 2.75) is 6.92 Å². The van der Waals surface area contributed by atoms with Crippen molar-refractivity contribution in [2.24, 2.45) is 7.05 Å². The number of rotatable bonds is 5. The van der Waals surface area contributed by atoms with Crippen molar-refractivity contribution in [2.75, 3.05) is 13.2 Å². The molecule has 0 saturated heterocycles. The average molecular weight is 295 g/mol. The number of aryl methyl sites for hydroxylation is 1. The average Bonchev–Trinajstić information content (AvgIpc) is 2.79. The number of aromatic nitrogens is 2. The van der Waals surface area contributed by atoms with Crippen molar-refractivity contribution < 1.29 is 14.3 Å². The van der Waals surface area contributed by atoms with Crippen LogP contribution < -0.4 is 4.74 Å². The van der Waals surface area contributed by atoms with Gasteiger partial charge in [0.25, 0.3) is 0 Å². The molecule has 0 spiro atoms. The Morgan fingerprint density at radius 1 is 1.35 bits per heavy atom. The van der Waals surface area contributed by atoms with Gasteiger partial charge in [0.05, 0.1) is 12.3 Å². The lowest BCUT2D eigenvalue weighted by molar-refractivity contribution is -0.145. The van der Waals surface area contributed by atoms with E-state index in [0.717, 1.165) is 11.3 Å². The van der Waals surface area contributed by atoms with Crippen molar-refractivity contribution in [3.05, 3.63) is 35.4 Å². The van der Waals surface area contributed by atoms with Crippen LogP contribution in [0.3, 0.4) is 0 Å². The van der Waals surface area contributed by atoms with E-state index in [1.54, 1.807) is 24.7 Å². The lowest BCUT2D eigenvalue weighted by Gasteiger charge is -2.01. The van der Waals surface area contributed by atoms with Crippen LogP contribution in [0.5, 0.6) is 5.88 Å². The third kappa shape index (κ3) is 3.51. The molecule has 0 N–H and O–H groups in total. The molecule has 0 amide bonds. The summed E-state index contributed by atoms with van der Waals surface area (Å²) in [6.45, 7) is 1.93. The summed E-state index contributed by atoms with van der Waals surface area (Å²) in [6, 6.07) is 9.18. The molecule has 0 aliphatic rings. The molecular formula is C14H15ClN2O3. The van der Waals surface area contributed by atoms with Crippen LogP contribution in [-0.2, 0) is 16.6 Å². The minimum absolute atomic E-state index is 0.148. The van der Waals surface area contributed by atoms with E-state index in [-0.39, 0.29) is 6.61 Å². The molecule has 0 bridgehead atoms. The Balaban J connectivity index is 2.09. The first kappa shape index (κ1) is 14.4. The molecule has 2 aromatic rings. The normalized spacial score (nSPS) is 10.3. The standard InChI is InChI=1S/C14H15ClN2O3/c1-3-19-14(18)9-20-13-8-12(17(2)16-13)10-4-6-11(15)7-5-10/h4-8H,3,9H2,1-2H3. The van der Waals surface area contributed by atoms with Gasteiger partial charge in [-0.15, -0.1) is 5.10 Å². The van der Waals surface area contributed by atoms with Gasteiger partial charge in [-0.3, -0.25) is 4.68 Å². The zero-order chi connectivity index (χ0) is 14.5. The third-order valence-corrected chi connectivity index (χ3v) is 2.89. The third-order valence-electron chi connectivity index (χ3n) is 2.64.